The van der Waals surface area contributed by atoms with E-state index in [0.717, 1.165) is 17.7 Å². The number of likely N-dealkylation sites (N-methyl/N-ethyl adjacent to an activating group) is 1. The second-order valence-corrected chi connectivity index (χ2v) is 12.0. The quantitative estimate of drug-likeness (QED) is 0.446. The number of halogens is 3. The topological polar surface area (TPSA) is 124 Å². The molecule has 0 aliphatic heterocycles. The highest BCUT2D eigenvalue weighted by Crippen LogP contribution is 2.23. The van der Waals surface area contributed by atoms with Gasteiger partial charge in [-0.2, -0.15) is 13.2 Å². The number of alkyl halides is 3. The number of thiophene rings is 1. The number of carboxylic acids is 2. The standard InChI is InChI=1S/C20H28N2O4S2.C2HF3O2/c1-15-5-7-16(8-6-15)9-10-18-11-12-20(27-18)28(25,26)21-17(13-19(23)24)14-22(2,3)4;3-2(4,5)1(6)7/h5-8,11-12,17,21H,9-10,13-14H2,1-4H3;(H,6,7). The van der Waals surface area contributed by atoms with E-state index in [1.807, 2.05) is 34.1 Å². The molecule has 1 aromatic heterocycles. The second kappa shape index (κ2) is 12.5. The lowest BCUT2D eigenvalue weighted by Gasteiger charge is -2.28. The number of aryl methyl sites for hydroxylation is 3. The molecule has 2 N–H and O–H groups in total. The number of carbonyl (C=O) groups is 2. The predicted octanol–water partition coefficient (Wildman–Crippen LogP) is 1.97. The molecule has 0 spiro atoms. The highest BCUT2D eigenvalue weighted by molar-refractivity contribution is 7.91. The van der Waals surface area contributed by atoms with Gasteiger partial charge in [0.15, 0.2) is 0 Å². The van der Waals surface area contributed by atoms with Gasteiger partial charge >= 0.3 is 12.1 Å². The van der Waals surface area contributed by atoms with Crippen LogP contribution in [0.5, 0.6) is 0 Å². The molecule has 1 atom stereocenters. The Morgan fingerprint density at radius 2 is 1.63 bits per heavy atom. The smallest absolute Gasteiger partial charge is 0.430 e. The van der Waals surface area contributed by atoms with Gasteiger partial charge in [0.2, 0.25) is 0 Å². The molecule has 2 aromatic rings. The van der Waals surface area contributed by atoms with Crippen LogP contribution in [0.2, 0.25) is 0 Å². The molecule has 1 aromatic carbocycles. The van der Waals surface area contributed by atoms with Gasteiger partial charge in [0.05, 0.1) is 40.2 Å². The van der Waals surface area contributed by atoms with Crippen molar-refractivity contribution in [3.63, 3.8) is 0 Å². The number of carbonyl (C=O) groups excluding carboxylic acids is 1. The first-order valence-corrected chi connectivity index (χ1v) is 12.7. The molecule has 0 saturated heterocycles. The minimum atomic E-state index is -5.19. The molecular formula is C22H29F3N2O6S2. The Bertz CT molecular complexity index is 1090. The highest BCUT2D eigenvalue weighted by Gasteiger charge is 2.29. The Morgan fingerprint density at radius 1 is 1.09 bits per heavy atom. The summed E-state index contributed by atoms with van der Waals surface area (Å²) in [6.45, 7) is 2.43. The summed E-state index contributed by atoms with van der Waals surface area (Å²) < 4.78 is 60.3. The highest BCUT2D eigenvalue weighted by atomic mass is 32.2. The van der Waals surface area contributed by atoms with Crippen LogP contribution >= 0.6 is 11.3 Å². The van der Waals surface area contributed by atoms with Crippen molar-refractivity contribution in [2.75, 3.05) is 27.7 Å². The van der Waals surface area contributed by atoms with E-state index in [2.05, 4.69) is 29.0 Å². The largest absolute Gasteiger partial charge is 0.542 e. The van der Waals surface area contributed by atoms with E-state index in [0.29, 0.717) is 11.0 Å². The average Bonchev–Trinajstić information content (AvgIpc) is 3.15. The first-order valence-electron chi connectivity index (χ1n) is 10.4. The summed E-state index contributed by atoms with van der Waals surface area (Å²) in [5.74, 6) is -4.03. The summed E-state index contributed by atoms with van der Waals surface area (Å²) >= 11 is 1.24. The molecule has 13 heteroatoms. The van der Waals surface area contributed by atoms with Crippen molar-refractivity contribution >= 4 is 33.3 Å². The minimum Gasteiger partial charge on any atom is -0.542 e. The fraction of sp³-hybridized carbons (Fsp3) is 0.455. The molecule has 1 heterocycles. The van der Waals surface area contributed by atoms with Crippen LogP contribution in [-0.4, -0.2) is 69.9 Å². The maximum Gasteiger partial charge on any atom is 0.430 e. The van der Waals surface area contributed by atoms with Crippen molar-refractivity contribution in [2.24, 2.45) is 0 Å². The number of nitrogens with zero attached hydrogens (tertiary/aromatic N) is 1. The molecule has 2 rings (SSSR count). The first-order chi connectivity index (χ1) is 15.9. The summed E-state index contributed by atoms with van der Waals surface area (Å²) in [5.41, 5.74) is 2.43. The van der Waals surface area contributed by atoms with E-state index in [1.165, 1.54) is 22.5 Å². The summed E-state index contributed by atoms with van der Waals surface area (Å²) in [7, 11) is 1.95. The van der Waals surface area contributed by atoms with Gasteiger partial charge in [-0.15, -0.1) is 11.3 Å². The van der Waals surface area contributed by atoms with Crippen molar-refractivity contribution in [3.05, 3.63) is 52.4 Å². The molecule has 35 heavy (non-hydrogen) atoms. The van der Waals surface area contributed by atoms with Crippen molar-refractivity contribution in [1.29, 1.82) is 0 Å². The third kappa shape index (κ3) is 12.2. The number of hydrogen-bond donors (Lipinski definition) is 2. The van der Waals surface area contributed by atoms with Gasteiger partial charge in [-0.25, -0.2) is 13.1 Å². The van der Waals surface area contributed by atoms with Gasteiger partial charge in [-0.3, -0.25) is 4.79 Å². The third-order valence-electron chi connectivity index (χ3n) is 4.42. The molecular weight excluding hydrogens is 509 g/mol. The maximum atomic E-state index is 12.7. The van der Waals surface area contributed by atoms with Crippen molar-refractivity contribution in [3.8, 4) is 0 Å². The average molecular weight is 539 g/mol. The number of benzene rings is 1. The molecule has 196 valence electrons. The van der Waals surface area contributed by atoms with Crippen LogP contribution in [0.4, 0.5) is 13.2 Å². The normalized spacial score (nSPS) is 13.0. The number of sulfonamides is 1. The van der Waals surface area contributed by atoms with Crippen LogP contribution in [0.25, 0.3) is 0 Å². The minimum absolute atomic E-state index is 0.225. The number of nitrogens with one attached hydrogen (secondary N) is 1. The Labute approximate surface area is 206 Å². The van der Waals surface area contributed by atoms with Gasteiger partial charge < -0.3 is 19.5 Å². The monoisotopic (exact) mass is 538 g/mol. The van der Waals surface area contributed by atoms with E-state index in [9.17, 15) is 26.4 Å². The second-order valence-electron chi connectivity index (χ2n) is 8.88. The molecule has 0 radical (unpaired) electrons. The van der Waals surface area contributed by atoms with Gasteiger partial charge in [-0.1, -0.05) is 29.8 Å². The fourth-order valence-corrected chi connectivity index (χ4v) is 5.55. The van der Waals surface area contributed by atoms with Crippen LogP contribution in [0, 0.1) is 6.92 Å². The van der Waals surface area contributed by atoms with Crippen molar-refractivity contribution in [2.45, 2.75) is 42.6 Å². The number of rotatable bonds is 10. The Balaban J connectivity index is 0.000000762. The molecule has 8 nitrogen and oxygen atoms in total. The molecule has 0 fully saturated rings. The van der Waals surface area contributed by atoms with Crippen LogP contribution in [0.1, 0.15) is 22.4 Å². The number of carboxylic acid groups (broad SMARTS) is 2. The first kappa shape index (κ1) is 30.6. The summed E-state index contributed by atoms with van der Waals surface area (Å²) in [5, 5.41) is 17.9. The van der Waals surface area contributed by atoms with E-state index < -0.39 is 34.2 Å². The van der Waals surface area contributed by atoms with Gasteiger partial charge in [0, 0.05) is 4.88 Å². The van der Waals surface area contributed by atoms with E-state index >= 15 is 0 Å². The van der Waals surface area contributed by atoms with Crippen LogP contribution in [-0.2, 0) is 32.5 Å². The molecule has 0 saturated carbocycles. The van der Waals surface area contributed by atoms with Crippen LogP contribution in [0.15, 0.2) is 40.6 Å². The molecule has 0 amide bonds. The maximum absolute atomic E-state index is 12.7. The molecule has 0 aliphatic carbocycles. The zero-order valence-corrected chi connectivity index (χ0v) is 21.4. The van der Waals surface area contributed by atoms with Gasteiger partial charge in [0.1, 0.15) is 10.2 Å². The lowest BCUT2D eigenvalue weighted by atomic mass is 10.1. The SMILES string of the molecule is Cc1ccc(CCc2ccc(S(=O)(=O)NC(CC(=O)O)C[N+](C)(C)C)s2)cc1.O=C([O-])C(F)(F)F. The van der Waals surface area contributed by atoms with Gasteiger partial charge in [0.25, 0.3) is 10.0 Å². The summed E-state index contributed by atoms with van der Waals surface area (Å²) in [6, 6.07) is 11.1. The Morgan fingerprint density at radius 3 is 2.09 bits per heavy atom. The van der Waals surface area contributed by atoms with E-state index in [-0.39, 0.29) is 10.6 Å². The predicted molar refractivity (Wildman–Crippen MR) is 123 cm³/mol. The fourth-order valence-electron chi connectivity index (χ4n) is 2.95. The number of hydrogen-bond acceptors (Lipinski definition) is 6. The molecule has 1 unspecified atom stereocenters. The van der Waals surface area contributed by atoms with Crippen LogP contribution in [0.3, 0.4) is 0 Å². The Kier molecular flexibility index (Phi) is 10.9. The molecule has 0 bridgehead atoms. The van der Waals surface area contributed by atoms with Gasteiger partial charge in [-0.05, 0) is 37.5 Å². The van der Waals surface area contributed by atoms with Crippen molar-refractivity contribution < 1.29 is 45.9 Å². The number of quaternary nitrogens is 1. The lowest BCUT2D eigenvalue weighted by molar-refractivity contribution is -0.871. The van der Waals surface area contributed by atoms with E-state index in [4.69, 9.17) is 15.0 Å². The van der Waals surface area contributed by atoms with E-state index in [1.54, 1.807) is 6.07 Å². The van der Waals surface area contributed by atoms with Crippen molar-refractivity contribution in [1.82, 2.24) is 4.72 Å². The Hall–Kier alpha value is -2.48. The zero-order valence-electron chi connectivity index (χ0n) is 19.8. The third-order valence-corrected chi connectivity index (χ3v) is 7.58. The summed E-state index contributed by atoms with van der Waals surface area (Å²) in [6.07, 6.45) is -3.84. The van der Waals surface area contributed by atoms with Crippen LogP contribution < -0.4 is 9.83 Å². The summed E-state index contributed by atoms with van der Waals surface area (Å²) in [4.78, 5) is 20.9. The lowest BCUT2D eigenvalue weighted by Crippen LogP contribution is -2.49. The molecule has 0 aliphatic rings. The number of aliphatic carboxylic acids is 2. The zero-order chi connectivity index (χ0) is 27.0.